The van der Waals surface area contributed by atoms with Crippen LogP contribution in [0.25, 0.3) is 0 Å². The fraction of sp³-hybridized carbons (Fsp3) is 0.286. The average Bonchev–Trinajstić information content (AvgIpc) is 1.93. The van der Waals surface area contributed by atoms with E-state index in [2.05, 4.69) is 4.98 Å². The lowest BCUT2D eigenvalue weighted by molar-refractivity contribution is 1.00. The third-order valence-corrected chi connectivity index (χ3v) is 2.22. The normalized spacial score (nSPS) is 11.8. The van der Waals surface area contributed by atoms with Crippen LogP contribution >= 0.6 is 58.0 Å². The van der Waals surface area contributed by atoms with Crippen LogP contribution in [0.3, 0.4) is 0 Å². The quantitative estimate of drug-likeness (QED) is 0.551. The molecule has 0 aliphatic heterocycles. The zero-order valence-corrected chi connectivity index (χ0v) is 9.98. The first kappa shape index (κ1) is 11.7. The first-order valence-electron chi connectivity index (χ1n) is 3.26. The summed E-state index contributed by atoms with van der Waals surface area (Å²) in [6.45, 7) is 0. The van der Waals surface area contributed by atoms with Crippen LogP contribution in [-0.4, -0.2) is 8.78 Å². The van der Waals surface area contributed by atoms with Gasteiger partial charge in [0.25, 0.3) is 0 Å². The van der Waals surface area contributed by atoms with Gasteiger partial charge in [-0.15, -0.1) is 0 Å². The molecule has 6 heteroatoms. The summed E-state index contributed by atoms with van der Waals surface area (Å²) in [6.07, 6.45) is 0.209. The number of nitrogens with zero attached hydrogens (tertiary/aromatic N) is 1. The first-order valence-corrected chi connectivity index (χ1v) is 5.15. The standard InChI is InChI=1S/C7H4Cl5N/c8-5-2-1-4(6(9)13-5)3-7(10,11)12/h1-2H,3H2. The molecule has 0 saturated carbocycles. The van der Waals surface area contributed by atoms with Gasteiger partial charge in [-0.1, -0.05) is 64.1 Å². The maximum Gasteiger partial charge on any atom is 0.194 e. The van der Waals surface area contributed by atoms with Gasteiger partial charge in [-0.2, -0.15) is 0 Å². The predicted molar refractivity (Wildman–Crippen MR) is 58.3 cm³/mol. The van der Waals surface area contributed by atoms with Crippen molar-refractivity contribution < 1.29 is 0 Å². The Bertz CT molecular complexity index is 306. The van der Waals surface area contributed by atoms with Crippen LogP contribution in [0.4, 0.5) is 0 Å². The molecule has 0 aliphatic rings. The van der Waals surface area contributed by atoms with Crippen LogP contribution in [0.1, 0.15) is 5.56 Å². The Balaban J connectivity index is 2.90. The largest absolute Gasteiger partial charge is 0.224 e. The highest BCUT2D eigenvalue weighted by Crippen LogP contribution is 2.32. The molecule has 13 heavy (non-hydrogen) atoms. The van der Waals surface area contributed by atoms with E-state index >= 15 is 0 Å². The zero-order valence-electron chi connectivity index (χ0n) is 6.20. The Hall–Kier alpha value is 0.600. The molecule has 1 aromatic heterocycles. The minimum Gasteiger partial charge on any atom is -0.224 e. The minimum atomic E-state index is -1.36. The van der Waals surface area contributed by atoms with E-state index in [0.717, 1.165) is 0 Å². The first-order chi connectivity index (χ1) is 5.88. The monoisotopic (exact) mass is 277 g/mol. The summed E-state index contributed by atoms with van der Waals surface area (Å²) < 4.78 is -1.36. The number of rotatable bonds is 1. The van der Waals surface area contributed by atoms with E-state index in [-0.39, 0.29) is 11.6 Å². The molecule has 0 fully saturated rings. The molecule has 1 nitrogen and oxygen atoms in total. The number of hydrogen-bond acceptors (Lipinski definition) is 1. The molecule has 1 aromatic rings. The third kappa shape index (κ3) is 4.09. The topological polar surface area (TPSA) is 12.9 Å². The van der Waals surface area contributed by atoms with Gasteiger partial charge in [-0.3, -0.25) is 0 Å². The van der Waals surface area contributed by atoms with Crippen molar-refractivity contribution in [3.63, 3.8) is 0 Å². The minimum absolute atomic E-state index is 0.209. The van der Waals surface area contributed by atoms with Crippen molar-refractivity contribution in [2.24, 2.45) is 0 Å². The van der Waals surface area contributed by atoms with Crippen LogP contribution in [0.2, 0.25) is 10.3 Å². The SMILES string of the molecule is Clc1ccc(CC(Cl)(Cl)Cl)c(Cl)n1. The Morgan fingerprint density at radius 2 is 1.77 bits per heavy atom. The van der Waals surface area contributed by atoms with E-state index in [1.54, 1.807) is 12.1 Å². The average molecular weight is 279 g/mol. The summed E-state index contributed by atoms with van der Waals surface area (Å²) in [7, 11) is 0. The molecular weight excluding hydrogens is 275 g/mol. The molecule has 0 radical (unpaired) electrons. The van der Waals surface area contributed by atoms with Gasteiger partial charge in [0, 0.05) is 6.42 Å². The van der Waals surface area contributed by atoms with E-state index < -0.39 is 3.79 Å². The smallest absolute Gasteiger partial charge is 0.194 e. The second-order valence-electron chi connectivity index (χ2n) is 2.38. The second kappa shape index (κ2) is 4.41. The third-order valence-electron chi connectivity index (χ3n) is 1.28. The highest BCUT2D eigenvalue weighted by molar-refractivity contribution is 6.67. The van der Waals surface area contributed by atoms with Crippen molar-refractivity contribution >= 4 is 58.0 Å². The molecule has 0 bridgehead atoms. The van der Waals surface area contributed by atoms with E-state index in [1.807, 2.05) is 0 Å². The van der Waals surface area contributed by atoms with E-state index in [9.17, 15) is 0 Å². The van der Waals surface area contributed by atoms with Crippen molar-refractivity contribution in [2.45, 2.75) is 10.2 Å². The fourth-order valence-electron chi connectivity index (χ4n) is 0.789. The highest BCUT2D eigenvalue weighted by Gasteiger charge is 2.21. The van der Waals surface area contributed by atoms with Crippen LogP contribution in [0, 0.1) is 0 Å². The lowest BCUT2D eigenvalue weighted by Crippen LogP contribution is -2.07. The summed E-state index contributed by atoms with van der Waals surface area (Å²) in [4.78, 5) is 3.81. The molecule has 0 unspecified atom stereocenters. The summed E-state index contributed by atoms with van der Waals surface area (Å²) in [5, 5.41) is 0.580. The zero-order chi connectivity index (χ0) is 10.1. The second-order valence-corrected chi connectivity index (χ2v) is 5.64. The molecule has 72 valence electrons. The van der Waals surface area contributed by atoms with Crippen molar-refractivity contribution in [3.8, 4) is 0 Å². The molecular formula is C7H4Cl5N. The van der Waals surface area contributed by atoms with E-state index in [4.69, 9.17) is 58.0 Å². The molecule has 0 saturated heterocycles. The summed E-state index contributed by atoms with van der Waals surface area (Å²) >= 11 is 28.1. The van der Waals surface area contributed by atoms with Gasteiger partial charge in [-0.05, 0) is 11.6 Å². The van der Waals surface area contributed by atoms with Gasteiger partial charge in [0.2, 0.25) is 0 Å². The number of hydrogen-bond donors (Lipinski definition) is 0. The lowest BCUT2D eigenvalue weighted by atomic mass is 10.2. The molecule has 0 aromatic carbocycles. The van der Waals surface area contributed by atoms with Gasteiger partial charge in [0.05, 0.1) is 0 Å². The molecule has 0 N–H and O–H groups in total. The van der Waals surface area contributed by atoms with E-state index in [1.165, 1.54) is 0 Å². The van der Waals surface area contributed by atoms with Crippen molar-refractivity contribution in [3.05, 3.63) is 28.0 Å². The van der Waals surface area contributed by atoms with Crippen LogP contribution in [0.15, 0.2) is 12.1 Å². The molecule has 0 atom stereocenters. The van der Waals surface area contributed by atoms with Gasteiger partial charge < -0.3 is 0 Å². The van der Waals surface area contributed by atoms with Crippen LogP contribution in [0.5, 0.6) is 0 Å². The molecule has 1 heterocycles. The number of pyridine rings is 1. The number of halogens is 5. The Labute approximate surface area is 101 Å². The Morgan fingerprint density at radius 1 is 1.15 bits per heavy atom. The Morgan fingerprint density at radius 3 is 2.23 bits per heavy atom. The highest BCUT2D eigenvalue weighted by atomic mass is 35.6. The number of aromatic nitrogens is 1. The summed E-state index contributed by atoms with van der Waals surface area (Å²) in [6, 6.07) is 3.28. The maximum absolute atomic E-state index is 5.76. The van der Waals surface area contributed by atoms with Gasteiger partial charge in [-0.25, -0.2) is 4.98 Å². The molecule has 0 aliphatic carbocycles. The van der Waals surface area contributed by atoms with Crippen molar-refractivity contribution in [2.75, 3.05) is 0 Å². The fourth-order valence-corrected chi connectivity index (χ4v) is 1.63. The van der Waals surface area contributed by atoms with Crippen LogP contribution in [-0.2, 0) is 6.42 Å². The van der Waals surface area contributed by atoms with Crippen LogP contribution < -0.4 is 0 Å². The van der Waals surface area contributed by atoms with Crippen molar-refractivity contribution in [1.29, 1.82) is 0 Å². The van der Waals surface area contributed by atoms with E-state index in [0.29, 0.717) is 10.7 Å². The molecule has 1 rings (SSSR count). The Kier molecular flexibility index (Phi) is 3.96. The predicted octanol–water partition coefficient (Wildman–Crippen LogP) is 4.30. The van der Waals surface area contributed by atoms with Crippen molar-refractivity contribution in [1.82, 2.24) is 4.98 Å². The van der Waals surface area contributed by atoms with Gasteiger partial charge in [0.1, 0.15) is 10.3 Å². The van der Waals surface area contributed by atoms with Gasteiger partial charge >= 0.3 is 0 Å². The maximum atomic E-state index is 5.76. The summed E-state index contributed by atoms with van der Waals surface area (Å²) in [5.74, 6) is 0. The molecule has 0 spiro atoms. The molecule has 0 amide bonds. The number of alkyl halides is 3. The summed E-state index contributed by atoms with van der Waals surface area (Å²) in [5.41, 5.74) is 0.658. The van der Waals surface area contributed by atoms with Gasteiger partial charge in [0.15, 0.2) is 3.79 Å². The lowest BCUT2D eigenvalue weighted by Gasteiger charge is -2.11.